The molecular formula is C21H23Br4N3O5. The number of aliphatic hydroxyl groups excluding tert-OH is 1. The second-order valence-corrected chi connectivity index (χ2v) is 10.9. The topological polar surface area (TPSA) is 115 Å². The Hall–Kier alpha value is -1.08. The van der Waals surface area contributed by atoms with E-state index in [1.165, 1.54) is 7.11 Å². The van der Waals surface area contributed by atoms with Gasteiger partial charge in [-0.2, -0.15) is 0 Å². The Bertz CT molecular complexity index is 1000. The van der Waals surface area contributed by atoms with Gasteiger partial charge in [-0.25, -0.2) is 0 Å². The zero-order valence-electron chi connectivity index (χ0n) is 17.7. The van der Waals surface area contributed by atoms with E-state index >= 15 is 0 Å². The predicted octanol–water partition coefficient (Wildman–Crippen LogP) is 4.93. The van der Waals surface area contributed by atoms with Crippen LogP contribution >= 0.6 is 63.7 Å². The molecule has 0 saturated heterocycles. The van der Waals surface area contributed by atoms with Gasteiger partial charge in [-0.15, -0.1) is 0 Å². The van der Waals surface area contributed by atoms with Crippen molar-refractivity contribution in [3.05, 3.63) is 47.1 Å². The number of carbonyl (C=O) groups excluding carboxylic acids is 1. The maximum absolute atomic E-state index is 12.6. The molecule has 1 atom stereocenters. The highest BCUT2D eigenvalue weighted by Crippen LogP contribution is 2.47. The number of hydrogen-bond acceptors (Lipinski definition) is 7. The van der Waals surface area contributed by atoms with E-state index in [2.05, 4.69) is 74.2 Å². The molecule has 8 nitrogen and oxygen atoms in total. The lowest BCUT2D eigenvalue weighted by molar-refractivity contribution is -0.114. The summed E-state index contributed by atoms with van der Waals surface area (Å²) in [5.74, 6) is 0.779. The lowest BCUT2D eigenvalue weighted by atomic mass is 9.87. The summed E-state index contributed by atoms with van der Waals surface area (Å²) in [5.41, 5.74) is 5.80. The van der Waals surface area contributed by atoms with Crippen molar-refractivity contribution in [3.8, 4) is 5.75 Å². The monoisotopic (exact) mass is 713 g/mol. The van der Waals surface area contributed by atoms with Crippen molar-refractivity contribution in [2.75, 3.05) is 26.8 Å². The molecule has 3 rings (SSSR count). The first-order chi connectivity index (χ1) is 15.7. The highest BCUT2D eigenvalue weighted by molar-refractivity contribution is 9.12. The number of ether oxygens (including phenoxy) is 2. The van der Waals surface area contributed by atoms with Gasteiger partial charge in [0, 0.05) is 23.9 Å². The molecule has 0 radical (unpaired) electrons. The highest BCUT2D eigenvalue weighted by atomic mass is 79.9. The van der Waals surface area contributed by atoms with Crippen LogP contribution < -0.4 is 15.8 Å². The number of nitrogens with one attached hydrogen (secondary N) is 1. The summed E-state index contributed by atoms with van der Waals surface area (Å²) in [6.45, 7) is 1.38. The Labute approximate surface area is 225 Å². The first kappa shape index (κ1) is 26.5. The molecule has 0 aromatic heterocycles. The van der Waals surface area contributed by atoms with Crippen LogP contribution in [0.1, 0.15) is 24.8 Å². The van der Waals surface area contributed by atoms with Gasteiger partial charge in [0.15, 0.2) is 5.76 Å². The summed E-state index contributed by atoms with van der Waals surface area (Å²) in [4.78, 5) is 18.1. The minimum absolute atomic E-state index is 0.0591. The fourth-order valence-corrected chi connectivity index (χ4v) is 6.83. The first-order valence-corrected chi connectivity index (χ1v) is 13.3. The molecule has 1 aliphatic carbocycles. The molecule has 180 valence electrons. The van der Waals surface area contributed by atoms with E-state index in [0.717, 1.165) is 20.9 Å². The van der Waals surface area contributed by atoms with Gasteiger partial charge in [0.05, 0.1) is 22.7 Å². The summed E-state index contributed by atoms with van der Waals surface area (Å²) in [5, 5.41) is 17.4. The molecule has 0 bridgehead atoms. The number of rotatable bonds is 9. The van der Waals surface area contributed by atoms with E-state index in [9.17, 15) is 9.90 Å². The van der Waals surface area contributed by atoms with Gasteiger partial charge in [0.25, 0.3) is 5.91 Å². The third kappa shape index (κ3) is 5.95. The molecule has 0 saturated carbocycles. The molecule has 1 heterocycles. The third-order valence-corrected chi connectivity index (χ3v) is 7.67. The van der Waals surface area contributed by atoms with Crippen LogP contribution in [-0.2, 0) is 20.8 Å². The number of nitrogens with two attached hydrogens (primary N) is 1. The molecule has 1 amide bonds. The van der Waals surface area contributed by atoms with E-state index < -0.39 is 5.60 Å². The zero-order chi connectivity index (χ0) is 24.2. The van der Waals surface area contributed by atoms with Crippen molar-refractivity contribution in [2.24, 2.45) is 10.9 Å². The molecule has 2 aliphatic rings. The van der Waals surface area contributed by atoms with Gasteiger partial charge in [-0.1, -0.05) is 21.1 Å². The van der Waals surface area contributed by atoms with Gasteiger partial charge in [0.1, 0.15) is 21.7 Å². The first-order valence-electron chi connectivity index (χ1n) is 10.1. The zero-order valence-corrected chi connectivity index (χ0v) is 24.1. The average molecular weight is 717 g/mol. The molecule has 1 aromatic carbocycles. The lowest BCUT2D eigenvalue weighted by Crippen LogP contribution is -2.38. The minimum Gasteiger partial charge on any atom is -0.507 e. The Morgan fingerprint density at radius 2 is 1.97 bits per heavy atom. The van der Waals surface area contributed by atoms with Crippen LogP contribution in [0.5, 0.6) is 5.75 Å². The van der Waals surface area contributed by atoms with Crippen LogP contribution in [0.25, 0.3) is 0 Å². The number of nitrogens with zero attached hydrogens (tertiary/aromatic N) is 1. The molecule has 0 fully saturated rings. The maximum atomic E-state index is 12.6. The standard InChI is InChI=1S/C21H23Br4N3O5/c1-31-18-14(24)9-21(19(29)16(18)25)10-15(28-33-21)20(30)27-5-2-6-32-17-12(22)7-11(3-4-26)8-13(17)23/h7-8,29H,2-6,9-10,26H2,1H3,(H,27,30)/t21-/m1/s1. The fourth-order valence-electron chi connectivity index (χ4n) is 3.47. The number of methoxy groups -OCH3 is 1. The number of carbonyl (C=O) groups is 1. The second kappa shape index (κ2) is 11.6. The Kier molecular flexibility index (Phi) is 9.30. The minimum atomic E-state index is -1.13. The van der Waals surface area contributed by atoms with Crippen LogP contribution in [0.15, 0.2) is 46.7 Å². The fraction of sp³-hybridized carbons (Fsp3) is 0.429. The summed E-state index contributed by atoms with van der Waals surface area (Å²) < 4.78 is 13.9. The SMILES string of the molecule is COC1=C(Br)C[C@@]2(CC(C(=O)NCCCOc3c(Br)cc(CCN)cc3Br)=NO2)C(O)=C1Br. The van der Waals surface area contributed by atoms with Crippen molar-refractivity contribution in [2.45, 2.75) is 31.3 Å². The van der Waals surface area contributed by atoms with Gasteiger partial charge in [0.2, 0.25) is 5.60 Å². The van der Waals surface area contributed by atoms with Crippen molar-refractivity contribution in [3.63, 3.8) is 0 Å². The van der Waals surface area contributed by atoms with Crippen molar-refractivity contribution in [1.29, 1.82) is 0 Å². The number of allylic oxidation sites excluding steroid dienone is 1. The van der Waals surface area contributed by atoms with Crippen LogP contribution in [-0.4, -0.2) is 49.1 Å². The van der Waals surface area contributed by atoms with Crippen LogP contribution in [0.2, 0.25) is 0 Å². The molecule has 33 heavy (non-hydrogen) atoms. The second-order valence-electron chi connectivity index (χ2n) is 7.46. The summed E-state index contributed by atoms with van der Waals surface area (Å²) in [7, 11) is 1.51. The number of aliphatic hydroxyl groups is 1. The molecular weight excluding hydrogens is 694 g/mol. The number of benzene rings is 1. The van der Waals surface area contributed by atoms with Crippen LogP contribution in [0, 0.1) is 0 Å². The molecule has 1 aliphatic heterocycles. The molecule has 12 heteroatoms. The van der Waals surface area contributed by atoms with Gasteiger partial charge >= 0.3 is 0 Å². The van der Waals surface area contributed by atoms with E-state index in [4.69, 9.17) is 20.0 Å². The van der Waals surface area contributed by atoms with E-state index in [0.29, 0.717) is 53.0 Å². The smallest absolute Gasteiger partial charge is 0.269 e. The normalized spacial score (nSPS) is 20.1. The number of oxime groups is 1. The number of amides is 1. The van der Waals surface area contributed by atoms with Crippen molar-refractivity contribution in [1.82, 2.24) is 5.32 Å². The number of halogens is 4. The van der Waals surface area contributed by atoms with Gasteiger partial charge in [-0.05, 0) is 84.9 Å². The average Bonchev–Trinajstić information content (AvgIpc) is 3.19. The van der Waals surface area contributed by atoms with Crippen molar-refractivity contribution < 1.29 is 24.2 Å². The lowest BCUT2D eigenvalue weighted by Gasteiger charge is -2.31. The molecule has 1 aromatic rings. The summed E-state index contributed by atoms with van der Waals surface area (Å²) in [6.07, 6.45) is 1.80. The van der Waals surface area contributed by atoms with Crippen molar-refractivity contribution >= 4 is 75.3 Å². The Balaban J connectivity index is 1.48. The molecule has 0 unspecified atom stereocenters. The molecule has 1 spiro atoms. The summed E-state index contributed by atoms with van der Waals surface area (Å²) in [6, 6.07) is 3.97. The molecule has 4 N–H and O–H groups in total. The van der Waals surface area contributed by atoms with E-state index in [1.54, 1.807) is 0 Å². The highest BCUT2D eigenvalue weighted by Gasteiger charge is 2.50. The predicted molar refractivity (Wildman–Crippen MR) is 140 cm³/mol. The number of hydrogen-bond donors (Lipinski definition) is 3. The quantitative estimate of drug-likeness (QED) is 0.313. The maximum Gasteiger partial charge on any atom is 0.269 e. The Morgan fingerprint density at radius 3 is 2.61 bits per heavy atom. The van der Waals surface area contributed by atoms with Crippen LogP contribution in [0.3, 0.4) is 0 Å². The summed E-state index contributed by atoms with van der Waals surface area (Å²) >= 11 is 13.8. The van der Waals surface area contributed by atoms with E-state index in [-0.39, 0.29) is 23.8 Å². The largest absolute Gasteiger partial charge is 0.507 e. The van der Waals surface area contributed by atoms with Gasteiger partial charge in [-0.3, -0.25) is 4.79 Å². The Morgan fingerprint density at radius 1 is 1.27 bits per heavy atom. The van der Waals surface area contributed by atoms with E-state index in [1.807, 2.05) is 12.1 Å². The van der Waals surface area contributed by atoms with Crippen LogP contribution in [0.4, 0.5) is 0 Å². The van der Waals surface area contributed by atoms with Gasteiger partial charge < -0.3 is 30.5 Å². The third-order valence-electron chi connectivity index (χ3n) is 5.12.